The van der Waals surface area contributed by atoms with Gasteiger partial charge in [-0.3, -0.25) is 0 Å². The van der Waals surface area contributed by atoms with Gasteiger partial charge in [0.05, 0.1) is 0 Å². The van der Waals surface area contributed by atoms with Gasteiger partial charge in [-0.2, -0.15) is 17.0 Å². The van der Waals surface area contributed by atoms with Crippen molar-refractivity contribution in [3.05, 3.63) is 0 Å². The number of rotatable bonds is 3. The maximum atomic E-state index is 12.9. The summed E-state index contributed by atoms with van der Waals surface area (Å²) < 4.78 is 29.2. The molecule has 20 heavy (non-hydrogen) atoms. The minimum atomic E-state index is -3.33. The molecule has 0 aromatic carbocycles. The van der Waals surface area contributed by atoms with E-state index in [9.17, 15) is 13.5 Å². The predicted molar refractivity (Wildman–Crippen MR) is 77.4 cm³/mol. The Morgan fingerprint density at radius 3 is 2.55 bits per heavy atom. The lowest BCUT2D eigenvalue weighted by molar-refractivity contribution is 0.147. The topological polar surface area (TPSA) is 60.9 Å². The van der Waals surface area contributed by atoms with Crippen LogP contribution in [-0.4, -0.2) is 54.4 Å². The first-order chi connectivity index (χ1) is 9.63. The van der Waals surface area contributed by atoms with Crippen LogP contribution in [0.1, 0.15) is 44.9 Å². The highest BCUT2D eigenvalue weighted by Crippen LogP contribution is 2.39. The summed E-state index contributed by atoms with van der Waals surface area (Å²) in [4.78, 5) is 0. The van der Waals surface area contributed by atoms with Crippen LogP contribution in [-0.2, 0) is 10.2 Å². The summed E-state index contributed by atoms with van der Waals surface area (Å²) in [5.41, 5.74) is 0. The Labute approximate surface area is 122 Å². The number of aliphatic hydroxyl groups excluding tert-OH is 1. The molecule has 3 unspecified atom stereocenters. The summed E-state index contributed by atoms with van der Waals surface area (Å²) >= 11 is 0. The highest BCUT2D eigenvalue weighted by Gasteiger charge is 2.43. The molecule has 1 N–H and O–H groups in total. The van der Waals surface area contributed by atoms with Gasteiger partial charge in [0, 0.05) is 32.3 Å². The van der Waals surface area contributed by atoms with Crippen LogP contribution < -0.4 is 0 Å². The van der Waals surface area contributed by atoms with E-state index in [1.807, 2.05) is 0 Å². The van der Waals surface area contributed by atoms with Crippen LogP contribution in [0, 0.1) is 11.8 Å². The molecule has 0 amide bonds. The van der Waals surface area contributed by atoms with Crippen molar-refractivity contribution in [3.8, 4) is 0 Å². The number of aliphatic hydroxyl groups is 1. The number of piperidine rings is 2. The van der Waals surface area contributed by atoms with Gasteiger partial charge in [0.1, 0.15) is 0 Å². The largest absolute Gasteiger partial charge is 0.396 e. The zero-order valence-electron chi connectivity index (χ0n) is 12.1. The van der Waals surface area contributed by atoms with Gasteiger partial charge in [-0.05, 0) is 50.4 Å². The van der Waals surface area contributed by atoms with Crippen molar-refractivity contribution in [1.82, 2.24) is 8.61 Å². The van der Waals surface area contributed by atoms with Crippen LogP contribution >= 0.6 is 0 Å². The molecule has 0 bridgehead atoms. The lowest BCUT2D eigenvalue weighted by Gasteiger charge is -2.41. The molecule has 3 rings (SSSR count). The molecule has 0 aromatic heterocycles. The lowest BCUT2D eigenvalue weighted by Crippen LogP contribution is -2.54. The van der Waals surface area contributed by atoms with Gasteiger partial charge < -0.3 is 5.11 Å². The van der Waals surface area contributed by atoms with Gasteiger partial charge in [0.25, 0.3) is 10.2 Å². The van der Waals surface area contributed by atoms with E-state index in [2.05, 4.69) is 0 Å². The van der Waals surface area contributed by atoms with E-state index in [0.29, 0.717) is 25.6 Å². The summed E-state index contributed by atoms with van der Waals surface area (Å²) in [6.07, 6.45) is 7.38. The number of hydrogen-bond acceptors (Lipinski definition) is 3. The fourth-order valence-electron chi connectivity index (χ4n) is 4.23. The van der Waals surface area contributed by atoms with Gasteiger partial charge in [0.2, 0.25) is 0 Å². The monoisotopic (exact) mass is 302 g/mol. The van der Waals surface area contributed by atoms with E-state index in [1.165, 1.54) is 19.3 Å². The molecule has 1 aliphatic carbocycles. The van der Waals surface area contributed by atoms with Crippen LogP contribution in [0.4, 0.5) is 0 Å². The maximum Gasteiger partial charge on any atom is 0.282 e. The Bertz CT molecular complexity index is 440. The molecule has 3 aliphatic rings. The van der Waals surface area contributed by atoms with Crippen LogP contribution in [0.5, 0.6) is 0 Å². The van der Waals surface area contributed by atoms with Crippen molar-refractivity contribution < 1.29 is 13.5 Å². The molecular weight excluding hydrogens is 276 g/mol. The molecule has 0 aromatic rings. The SMILES string of the molecule is O=S(=O)(N1CCCC(CO)C1)N1CCCC2CCCC21. The van der Waals surface area contributed by atoms with E-state index in [1.54, 1.807) is 8.61 Å². The van der Waals surface area contributed by atoms with E-state index < -0.39 is 10.2 Å². The second-order valence-electron chi connectivity index (χ2n) is 6.57. The lowest BCUT2D eigenvalue weighted by atomic mass is 9.94. The van der Waals surface area contributed by atoms with Gasteiger partial charge in [0.15, 0.2) is 0 Å². The summed E-state index contributed by atoms with van der Waals surface area (Å²) in [5.74, 6) is 0.694. The predicted octanol–water partition coefficient (Wildman–Crippen LogP) is 1.20. The number of nitrogens with zero attached hydrogens (tertiary/aromatic N) is 2. The van der Waals surface area contributed by atoms with Crippen molar-refractivity contribution in [2.75, 3.05) is 26.2 Å². The number of hydrogen-bond donors (Lipinski definition) is 1. The molecule has 116 valence electrons. The van der Waals surface area contributed by atoms with Gasteiger partial charge >= 0.3 is 0 Å². The standard InChI is InChI=1S/C14H26N2O3S/c17-11-12-4-2-8-15(10-12)20(18,19)16-9-3-6-13-5-1-7-14(13)16/h12-14,17H,1-11H2. The normalized spacial score (nSPS) is 37.0. The zero-order valence-corrected chi connectivity index (χ0v) is 12.9. The third kappa shape index (κ3) is 2.63. The third-order valence-corrected chi connectivity index (χ3v) is 7.34. The summed E-state index contributed by atoms with van der Waals surface area (Å²) in [6.45, 7) is 1.89. The Morgan fingerprint density at radius 1 is 1.00 bits per heavy atom. The molecule has 0 spiro atoms. The van der Waals surface area contributed by atoms with Gasteiger partial charge in [-0.1, -0.05) is 6.42 Å². The Kier molecular flexibility index (Phi) is 4.36. The molecule has 1 saturated carbocycles. The second-order valence-corrected chi connectivity index (χ2v) is 8.45. The molecular formula is C14H26N2O3S. The van der Waals surface area contributed by atoms with Crippen LogP contribution in [0.3, 0.4) is 0 Å². The van der Waals surface area contributed by atoms with Crippen molar-refractivity contribution in [2.45, 2.75) is 51.0 Å². The fourth-order valence-corrected chi connectivity index (χ4v) is 6.26. The third-order valence-electron chi connectivity index (χ3n) is 5.30. The number of fused-ring (bicyclic) bond motifs is 1. The van der Waals surface area contributed by atoms with E-state index in [4.69, 9.17) is 0 Å². The van der Waals surface area contributed by atoms with Crippen molar-refractivity contribution in [1.29, 1.82) is 0 Å². The highest BCUT2D eigenvalue weighted by atomic mass is 32.2. The fraction of sp³-hybridized carbons (Fsp3) is 1.00. The van der Waals surface area contributed by atoms with Crippen molar-refractivity contribution in [2.24, 2.45) is 11.8 Å². The van der Waals surface area contributed by atoms with E-state index >= 15 is 0 Å². The first kappa shape index (κ1) is 14.8. The Hall–Kier alpha value is -0.170. The van der Waals surface area contributed by atoms with Gasteiger partial charge in [-0.25, -0.2) is 0 Å². The molecule has 0 radical (unpaired) electrons. The molecule has 2 heterocycles. The molecule has 2 aliphatic heterocycles. The second kappa shape index (κ2) is 5.91. The van der Waals surface area contributed by atoms with E-state index in [-0.39, 0.29) is 18.6 Å². The minimum absolute atomic E-state index is 0.0953. The molecule has 3 atom stereocenters. The van der Waals surface area contributed by atoms with Gasteiger partial charge in [-0.15, -0.1) is 0 Å². The molecule has 2 saturated heterocycles. The highest BCUT2D eigenvalue weighted by molar-refractivity contribution is 7.86. The Balaban J connectivity index is 1.76. The average Bonchev–Trinajstić information content (AvgIpc) is 2.95. The first-order valence-corrected chi connectivity index (χ1v) is 9.40. The minimum Gasteiger partial charge on any atom is -0.396 e. The molecule has 3 fully saturated rings. The average molecular weight is 302 g/mol. The van der Waals surface area contributed by atoms with Crippen LogP contribution in [0.2, 0.25) is 0 Å². The smallest absolute Gasteiger partial charge is 0.282 e. The van der Waals surface area contributed by atoms with Crippen molar-refractivity contribution in [3.63, 3.8) is 0 Å². The quantitative estimate of drug-likeness (QED) is 0.852. The molecule has 5 nitrogen and oxygen atoms in total. The first-order valence-electron chi connectivity index (χ1n) is 8.00. The van der Waals surface area contributed by atoms with Crippen LogP contribution in [0.15, 0.2) is 0 Å². The summed E-state index contributed by atoms with van der Waals surface area (Å²) in [6, 6.07) is 0.239. The summed E-state index contributed by atoms with van der Waals surface area (Å²) in [5, 5.41) is 9.30. The zero-order chi connectivity index (χ0) is 14.2. The molecule has 6 heteroatoms. The van der Waals surface area contributed by atoms with E-state index in [0.717, 1.165) is 25.7 Å². The van der Waals surface area contributed by atoms with Crippen LogP contribution in [0.25, 0.3) is 0 Å². The van der Waals surface area contributed by atoms with Crippen molar-refractivity contribution >= 4 is 10.2 Å². The Morgan fingerprint density at radius 2 is 1.75 bits per heavy atom. The maximum absolute atomic E-state index is 12.9. The summed E-state index contributed by atoms with van der Waals surface area (Å²) in [7, 11) is -3.33.